The Morgan fingerprint density at radius 3 is 2.55 bits per heavy atom. The molecule has 5 nitrogen and oxygen atoms in total. The molecule has 0 saturated carbocycles. The summed E-state index contributed by atoms with van der Waals surface area (Å²) in [6.45, 7) is 1.29. The van der Waals surface area contributed by atoms with E-state index in [1.165, 1.54) is 18.4 Å². The maximum absolute atomic E-state index is 12.0. The summed E-state index contributed by atoms with van der Waals surface area (Å²) in [6.07, 6.45) is 4.79. The van der Waals surface area contributed by atoms with Crippen LogP contribution in [-0.4, -0.2) is 31.7 Å². The second-order valence-electron chi connectivity index (χ2n) is 8.56. The molecule has 5 rings (SSSR count). The summed E-state index contributed by atoms with van der Waals surface area (Å²) in [7, 11) is 1.71. The Hall–Kier alpha value is -2.53. The third-order valence-corrected chi connectivity index (χ3v) is 6.80. The normalized spacial score (nSPS) is 27.8. The molecule has 2 aromatic rings. The van der Waals surface area contributed by atoms with Crippen LogP contribution < -0.4 is 20.1 Å². The Labute approximate surface area is 171 Å². The molecular formula is C24H28N2O3. The van der Waals surface area contributed by atoms with Crippen molar-refractivity contribution < 1.29 is 14.3 Å². The molecule has 152 valence electrons. The Morgan fingerprint density at radius 1 is 1.00 bits per heavy atom. The van der Waals surface area contributed by atoms with Crippen LogP contribution >= 0.6 is 0 Å². The summed E-state index contributed by atoms with van der Waals surface area (Å²) in [4.78, 5) is 12.0. The second kappa shape index (κ2) is 7.71. The number of hydrogen-bond donors (Lipinski definition) is 2. The molecule has 0 aromatic heterocycles. The zero-order valence-corrected chi connectivity index (χ0v) is 16.8. The van der Waals surface area contributed by atoms with Crippen LogP contribution in [0.3, 0.4) is 0 Å². The first-order valence-corrected chi connectivity index (χ1v) is 10.6. The minimum Gasteiger partial charge on any atom is -0.497 e. The second-order valence-corrected chi connectivity index (χ2v) is 8.56. The molecule has 3 aliphatic rings. The fraction of sp³-hybridized carbons (Fsp3) is 0.458. The van der Waals surface area contributed by atoms with Crippen molar-refractivity contribution in [1.82, 2.24) is 10.6 Å². The molecule has 2 fully saturated rings. The van der Waals surface area contributed by atoms with Gasteiger partial charge in [-0.25, -0.2) is 0 Å². The van der Waals surface area contributed by atoms with E-state index in [9.17, 15) is 4.79 Å². The number of carbonyl (C=O) groups excluding carboxylic acids is 1. The van der Waals surface area contributed by atoms with Gasteiger partial charge in [-0.15, -0.1) is 0 Å². The first-order chi connectivity index (χ1) is 14.2. The van der Waals surface area contributed by atoms with E-state index in [0.29, 0.717) is 37.1 Å². The molecule has 2 unspecified atom stereocenters. The van der Waals surface area contributed by atoms with Crippen LogP contribution in [0.5, 0.6) is 11.5 Å². The summed E-state index contributed by atoms with van der Waals surface area (Å²) < 4.78 is 11.6. The van der Waals surface area contributed by atoms with Gasteiger partial charge in [0.25, 0.3) is 5.91 Å². The van der Waals surface area contributed by atoms with E-state index in [0.717, 1.165) is 35.5 Å². The molecule has 2 aromatic carbocycles. The van der Waals surface area contributed by atoms with Crippen LogP contribution in [0.15, 0.2) is 42.5 Å². The van der Waals surface area contributed by atoms with Crippen molar-refractivity contribution in [3.63, 3.8) is 0 Å². The predicted octanol–water partition coefficient (Wildman–Crippen LogP) is 3.63. The molecule has 29 heavy (non-hydrogen) atoms. The number of carbonyl (C=O) groups is 1. The van der Waals surface area contributed by atoms with Gasteiger partial charge in [-0.1, -0.05) is 18.2 Å². The number of hydrogen-bond acceptors (Lipinski definition) is 4. The van der Waals surface area contributed by atoms with Crippen molar-refractivity contribution >= 4 is 5.91 Å². The number of fused-ring (bicyclic) bond motifs is 3. The Bertz CT molecular complexity index is 895. The minimum atomic E-state index is -0.00228. The Morgan fingerprint density at radius 2 is 1.76 bits per heavy atom. The van der Waals surface area contributed by atoms with Gasteiger partial charge >= 0.3 is 0 Å². The summed E-state index contributed by atoms with van der Waals surface area (Å²) in [5, 5.41) is 6.68. The molecule has 2 saturated heterocycles. The molecule has 0 radical (unpaired) electrons. The number of rotatable bonds is 5. The van der Waals surface area contributed by atoms with Crippen LogP contribution in [-0.2, 0) is 6.54 Å². The molecule has 0 aliphatic carbocycles. The highest BCUT2D eigenvalue weighted by molar-refractivity contribution is 5.98. The van der Waals surface area contributed by atoms with E-state index in [1.54, 1.807) is 7.11 Å². The lowest BCUT2D eigenvalue weighted by Crippen LogP contribution is -2.27. The van der Waals surface area contributed by atoms with Gasteiger partial charge in [-0.05, 0) is 67.0 Å². The molecule has 2 bridgehead atoms. The highest BCUT2D eigenvalue weighted by atomic mass is 16.5. The predicted molar refractivity (Wildman–Crippen MR) is 112 cm³/mol. The quantitative estimate of drug-likeness (QED) is 0.816. The highest BCUT2D eigenvalue weighted by Crippen LogP contribution is 2.40. The lowest BCUT2D eigenvalue weighted by Gasteiger charge is -2.29. The largest absolute Gasteiger partial charge is 0.497 e. The van der Waals surface area contributed by atoms with Crippen molar-refractivity contribution in [1.29, 1.82) is 0 Å². The van der Waals surface area contributed by atoms with Gasteiger partial charge in [0.1, 0.15) is 11.5 Å². The molecule has 4 atom stereocenters. The first kappa shape index (κ1) is 18.5. The van der Waals surface area contributed by atoms with Gasteiger partial charge in [0, 0.05) is 30.1 Å². The van der Waals surface area contributed by atoms with Crippen molar-refractivity contribution in [3.05, 3.63) is 59.2 Å². The molecule has 2 N–H and O–H groups in total. The Balaban J connectivity index is 1.35. The standard InChI is InChI=1S/C24H28N2O3/c1-28-20-7-2-15(3-8-20)22-11-19-6-5-18(26-19)10-17(22)14-29-21-9-4-16-13-25-24(27)23(16)12-21/h2-4,7-9,12,17-19,22,26H,5-6,10-11,13-14H2,1H3,(H,25,27)/t17-,18?,19?,22-/m1/s1. The topological polar surface area (TPSA) is 59.6 Å². The van der Waals surface area contributed by atoms with Gasteiger partial charge in [0.2, 0.25) is 0 Å². The van der Waals surface area contributed by atoms with Crippen molar-refractivity contribution in [2.24, 2.45) is 5.92 Å². The fourth-order valence-corrected chi connectivity index (χ4v) is 5.23. The third kappa shape index (κ3) is 3.71. The zero-order chi connectivity index (χ0) is 19.8. The van der Waals surface area contributed by atoms with Crippen LogP contribution in [0.1, 0.15) is 53.1 Å². The molecule has 1 amide bonds. The highest BCUT2D eigenvalue weighted by Gasteiger charge is 2.37. The van der Waals surface area contributed by atoms with Crippen molar-refractivity contribution in [3.8, 4) is 11.5 Å². The fourth-order valence-electron chi connectivity index (χ4n) is 5.23. The molecule has 5 heteroatoms. The van der Waals surface area contributed by atoms with Crippen LogP contribution in [0.4, 0.5) is 0 Å². The lowest BCUT2D eigenvalue weighted by molar-refractivity contribution is 0.0965. The maximum Gasteiger partial charge on any atom is 0.252 e. The van der Waals surface area contributed by atoms with Crippen LogP contribution in [0, 0.1) is 5.92 Å². The number of methoxy groups -OCH3 is 1. The molecule has 0 spiro atoms. The summed E-state index contributed by atoms with van der Waals surface area (Å²) in [5.41, 5.74) is 3.16. The minimum absolute atomic E-state index is 0.00228. The molecular weight excluding hydrogens is 364 g/mol. The molecule has 3 heterocycles. The number of nitrogens with one attached hydrogen (secondary N) is 2. The van der Waals surface area contributed by atoms with Crippen molar-refractivity contribution in [2.75, 3.05) is 13.7 Å². The zero-order valence-electron chi connectivity index (χ0n) is 16.8. The average molecular weight is 392 g/mol. The van der Waals surface area contributed by atoms with Crippen LogP contribution in [0.2, 0.25) is 0 Å². The van der Waals surface area contributed by atoms with Gasteiger partial charge in [-0.3, -0.25) is 4.79 Å². The van der Waals surface area contributed by atoms with Gasteiger partial charge in [0.05, 0.1) is 13.7 Å². The average Bonchev–Trinajstić information content (AvgIpc) is 3.29. The van der Waals surface area contributed by atoms with Crippen molar-refractivity contribution in [2.45, 2.75) is 50.2 Å². The Kier molecular flexibility index (Phi) is 4.92. The van der Waals surface area contributed by atoms with E-state index < -0.39 is 0 Å². The smallest absolute Gasteiger partial charge is 0.252 e. The number of ether oxygens (including phenoxy) is 2. The number of amides is 1. The molecule has 3 aliphatic heterocycles. The SMILES string of the molecule is COc1ccc([C@H]2CC3CCC(C[C@@H]2COc2ccc4c(c2)C(=O)NC4)N3)cc1. The monoisotopic (exact) mass is 392 g/mol. The van der Waals surface area contributed by atoms with E-state index in [2.05, 4.69) is 34.9 Å². The summed E-state index contributed by atoms with van der Waals surface area (Å²) in [5.74, 6) is 2.58. The third-order valence-electron chi connectivity index (χ3n) is 6.80. The van der Waals surface area contributed by atoms with Gasteiger partial charge < -0.3 is 20.1 Å². The van der Waals surface area contributed by atoms with E-state index in [-0.39, 0.29) is 5.91 Å². The number of benzene rings is 2. The van der Waals surface area contributed by atoms with E-state index in [4.69, 9.17) is 9.47 Å². The van der Waals surface area contributed by atoms with Crippen LogP contribution in [0.25, 0.3) is 0 Å². The lowest BCUT2D eigenvalue weighted by atomic mass is 9.78. The summed E-state index contributed by atoms with van der Waals surface area (Å²) in [6, 6.07) is 15.6. The maximum atomic E-state index is 12.0. The summed E-state index contributed by atoms with van der Waals surface area (Å²) >= 11 is 0. The van der Waals surface area contributed by atoms with E-state index >= 15 is 0 Å². The van der Waals surface area contributed by atoms with Gasteiger partial charge in [-0.2, -0.15) is 0 Å². The van der Waals surface area contributed by atoms with E-state index in [1.807, 2.05) is 18.2 Å². The van der Waals surface area contributed by atoms with Gasteiger partial charge in [0.15, 0.2) is 0 Å². The first-order valence-electron chi connectivity index (χ1n) is 10.6.